The second-order valence-electron chi connectivity index (χ2n) is 7.92. The van der Waals surface area contributed by atoms with Crippen LogP contribution in [0.4, 0.5) is 5.13 Å². The molecular formula is C24H31N3O3S2. The van der Waals surface area contributed by atoms with E-state index < -0.39 is 9.84 Å². The molecule has 0 aliphatic rings. The maximum atomic E-state index is 13.2. The zero-order valence-electron chi connectivity index (χ0n) is 19.2. The van der Waals surface area contributed by atoms with E-state index in [0.717, 1.165) is 34.4 Å². The van der Waals surface area contributed by atoms with Crippen LogP contribution in [0.3, 0.4) is 0 Å². The van der Waals surface area contributed by atoms with Crippen LogP contribution in [0.2, 0.25) is 0 Å². The Balaban J connectivity index is 1.81. The van der Waals surface area contributed by atoms with Gasteiger partial charge in [0.15, 0.2) is 15.0 Å². The molecular weight excluding hydrogens is 442 g/mol. The number of sulfone groups is 1. The molecule has 1 amide bonds. The van der Waals surface area contributed by atoms with Gasteiger partial charge in [-0.3, -0.25) is 9.69 Å². The van der Waals surface area contributed by atoms with Gasteiger partial charge in [0.2, 0.25) is 5.91 Å². The third-order valence-electron chi connectivity index (χ3n) is 5.56. The average molecular weight is 474 g/mol. The fourth-order valence-corrected chi connectivity index (χ4v) is 5.80. The maximum Gasteiger partial charge on any atom is 0.229 e. The smallest absolute Gasteiger partial charge is 0.229 e. The predicted octanol–water partition coefficient (Wildman–Crippen LogP) is 4.45. The molecule has 0 saturated heterocycles. The molecule has 0 aliphatic carbocycles. The molecule has 0 aliphatic heterocycles. The highest BCUT2D eigenvalue weighted by atomic mass is 32.2. The second-order valence-corrected chi connectivity index (χ2v) is 11.0. The van der Waals surface area contributed by atoms with Crippen LogP contribution >= 0.6 is 11.3 Å². The largest absolute Gasteiger partial charge is 0.302 e. The summed E-state index contributed by atoms with van der Waals surface area (Å²) < 4.78 is 26.5. The number of hydrogen-bond acceptors (Lipinski definition) is 6. The van der Waals surface area contributed by atoms with Gasteiger partial charge in [-0.15, -0.1) is 0 Å². The van der Waals surface area contributed by atoms with Crippen molar-refractivity contribution >= 4 is 42.4 Å². The molecule has 0 radical (unpaired) electrons. The standard InChI is InChI=1S/C24H31N3O3S2/c1-5-26(6-2)14-15-27(24-25-21-12-9-19(4)17-22(21)31-24)23(28)13-16-32(29,30)20-10-7-18(3)8-11-20/h7-12,17H,5-6,13-16H2,1-4H3. The number of rotatable bonds is 10. The van der Waals surface area contributed by atoms with Gasteiger partial charge < -0.3 is 4.90 Å². The molecule has 0 fully saturated rings. The molecule has 3 aromatic rings. The van der Waals surface area contributed by atoms with Gasteiger partial charge in [0.25, 0.3) is 0 Å². The summed E-state index contributed by atoms with van der Waals surface area (Å²) in [5.74, 6) is -0.440. The summed E-state index contributed by atoms with van der Waals surface area (Å²) >= 11 is 1.47. The quantitative estimate of drug-likeness (QED) is 0.435. The van der Waals surface area contributed by atoms with Crippen molar-refractivity contribution in [1.29, 1.82) is 0 Å². The number of hydrogen-bond donors (Lipinski definition) is 0. The first kappa shape index (κ1) is 24.4. The molecule has 0 unspecified atom stereocenters. The molecule has 172 valence electrons. The summed E-state index contributed by atoms with van der Waals surface area (Å²) in [5, 5.41) is 0.621. The number of fused-ring (bicyclic) bond motifs is 1. The van der Waals surface area contributed by atoms with Gasteiger partial charge in [-0.25, -0.2) is 13.4 Å². The number of likely N-dealkylation sites (N-methyl/N-ethyl adjacent to an activating group) is 1. The average Bonchev–Trinajstić information content (AvgIpc) is 3.18. The third kappa shape index (κ3) is 5.94. The lowest BCUT2D eigenvalue weighted by atomic mass is 10.2. The Morgan fingerprint density at radius 1 is 0.969 bits per heavy atom. The van der Waals surface area contributed by atoms with E-state index in [1.165, 1.54) is 11.3 Å². The van der Waals surface area contributed by atoms with Crippen LogP contribution in [0.25, 0.3) is 10.2 Å². The van der Waals surface area contributed by atoms with Crippen LogP contribution in [0.1, 0.15) is 31.4 Å². The lowest BCUT2D eigenvalue weighted by Gasteiger charge is -2.24. The molecule has 1 aromatic heterocycles. The molecule has 3 rings (SSSR count). The van der Waals surface area contributed by atoms with Crippen LogP contribution in [-0.4, -0.2) is 56.1 Å². The lowest BCUT2D eigenvalue weighted by molar-refractivity contribution is -0.118. The summed E-state index contributed by atoms with van der Waals surface area (Å²) in [5.41, 5.74) is 2.98. The van der Waals surface area contributed by atoms with Crippen molar-refractivity contribution in [1.82, 2.24) is 9.88 Å². The van der Waals surface area contributed by atoms with Crippen molar-refractivity contribution < 1.29 is 13.2 Å². The summed E-state index contributed by atoms with van der Waals surface area (Å²) in [6.45, 7) is 11.1. The van der Waals surface area contributed by atoms with Gasteiger partial charge in [0.1, 0.15) is 0 Å². The number of nitrogens with zero attached hydrogens (tertiary/aromatic N) is 3. The molecule has 0 saturated carbocycles. The topological polar surface area (TPSA) is 70.6 Å². The van der Waals surface area contributed by atoms with Crippen molar-refractivity contribution in [2.24, 2.45) is 0 Å². The Kier molecular flexibility index (Phi) is 8.03. The molecule has 32 heavy (non-hydrogen) atoms. The van der Waals surface area contributed by atoms with E-state index in [9.17, 15) is 13.2 Å². The fourth-order valence-electron chi connectivity index (χ4n) is 3.46. The van der Waals surface area contributed by atoms with Crippen molar-refractivity contribution in [3.05, 3.63) is 53.6 Å². The Morgan fingerprint density at radius 2 is 1.62 bits per heavy atom. The normalized spacial score (nSPS) is 11.9. The number of amides is 1. The highest BCUT2D eigenvalue weighted by Crippen LogP contribution is 2.30. The third-order valence-corrected chi connectivity index (χ3v) is 8.34. The van der Waals surface area contributed by atoms with Crippen LogP contribution in [0.15, 0.2) is 47.4 Å². The van der Waals surface area contributed by atoms with Crippen molar-refractivity contribution in [2.75, 3.05) is 36.8 Å². The minimum atomic E-state index is -3.53. The fraction of sp³-hybridized carbons (Fsp3) is 0.417. The van der Waals surface area contributed by atoms with E-state index in [1.54, 1.807) is 29.2 Å². The molecule has 2 aromatic carbocycles. The van der Waals surface area contributed by atoms with Gasteiger partial charge in [0, 0.05) is 19.5 Å². The first-order valence-electron chi connectivity index (χ1n) is 10.9. The number of carbonyl (C=O) groups is 1. The van der Waals surface area contributed by atoms with Crippen LogP contribution < -0.4 is 4.90 Å². The van der Waals surface area contributed by atoms with Gasteiger partial charge in [-0.05, 0) is 56.8 Å². The number of carbonyl (C=O) groups excluding carboxylic acids is 1. The highest BCUT2D eigenvalue weighted by molar-refractivity contribution is 7.91. The minimum absolute atomic E-state index is 0.0799. The van der Waals surface area contributed by atoms with Gasteiger partial charge in [-0.2, -0.15) is 0 Å². The van der Waals surface area contributed by atoms with Crippen LogP contribution in [0, 0.1) is 13.8 Å². The number of anilines is 1. The predicted molar refractivity (Wildman–Crippen MR) is 132 cm³/mol. The zero-order chi connectivity index (χ0) is 23.3. The highest BCUT2D eigenvalue weighted by Gasteiger charge is 2.23. The summed E-state index contributed by atoms with van der Waals surface area (Å²) in [6.07, 6.45) is -0.0799. The van der Waals surface area contributed by atoms with Crippen molar-refractivity contribution in [3.8, 4) is 0 Å². The van der Waals surface area contributed by atoms with Crippen molar-refractivity contribution in [2.45, 2.75) is 39.0 Å². The number of thiazole rings is 1. The Hall–Kier alpha value is -2.29. The molecule has 0 N–H and O–H groups in total. The van der Waals surface area contributed by atoms with E-state index >= 15 is 0 Å². The Labute approximate surface area is 194 Å². The molecule has 1 heterocycles. The summed E-state index contributed by atoms with van der Waals surface area (Å²) in [6, 6.07) is 12.8. The molecule has 8 heteroatoms. The van der Waals surface area contributed by atoms with E-state index in [4.69, 9.17) is 0 Å². The van der Waals surface area contributed by atoms with Crippen LogP contribution in [0.5, 0.6) is 0 Å². The summed E-state index contributed by atoms with van der Waals surface area (Å²) in [4.78, 5) is 22.0. The molecule has 0 bridgehead atoms. The first-order chi connectivity index (χ1) is 15.2. The number of aryl methyl sites for hydroxylation is 2. The van der Waals surface area contributed by atoms with Crippen LogP contribution in [-0.2, 0) is 14.6 Å². The zero-order valence-corrected chi connectivity index (χ0v) is 20.8. The summed E-state index contributed by atoms with van der Waals surface area (Å²) in [7, 11) is -3.53. The number of aromatic nitrogens is 1. The first-order valence-corrected chi connectivity index (χ1v) is 13.4. The minimum Gasteiger partial charge on any atom is -0.302 e. The maximum absolute atomic E-state index is 13.2. The number of benzene rings is 2. The Morgan fingerprint density at radius 3 is 2.28 bits per heavy atom. The van der Waals surface area contributed by atoms with E-state index in [-0.39, 0.29) is 23.0 Å². The Bertz CT molecular complexity index is 1170. The second kappa shape index (κ2) is 10.6. The van der Waals surface area contributed by atoms with E-state index in [0.29, 0.717) is 18.2 Å². The monoisotopic (exact) mass is 473 g/mol. The van der Waals surface area contributed by atoms with Gasteiger partial charge >= 0.3 is 0 Å². The van der Waals surface area contributed by atoms with Gasteiger partial charge in [-0.1, -0.05) is 48.9 Å². The molecule has 0 spiro atoms. The van der Waals surface area contributed by atoms with Gasteiger partial charge in [0.05, 0.1) is 20.9 Å². The molecule has 0 atom stereocenters. The SMILES string of the molecule is CCN(CC)CCN(C(=O)CCS(=O)(=O)c1ccc(C)cc1)c1nc2ccc(C)cc2s1. The molecule has 6 nitrogen and oxygen atoms in total. The van der Waals surface area contributed by atoms with E-state index in [1.807, 2.05) is 26.0 Å². The van der Waals surface area contributed by atoms with Crippen molar-refractivity contribution in [3.63, 3.8) is 0 Å². The van der Waals surface area contributed by atoms with E-state index in [2.05, 4.69) is 29.8 Å². The lowest BCUT2D eigenvalue weighted by Crippen LogP contribution is -2.39.